The Hall–Kier alpha value is -3.24. The summed E-state index contributed by atoms with van der Waals surface area (Å²) < 4.78 is 68.3. The van der Waals surface area contributed by atoms with Gasteiger partial charge in [0.15, 0.2) is 11.6 Å². The van der Waals surface area contributed by atoms with Crippen LogP contribution >= 0.6 is 0 Å². The first-order chi connectivity index (χ1) is 14.2. The molecule has 0 saturated carbocycles. The number of rotatable bonds is 6. The highest BCUT2D eigenvalue weighted by Crippen LogP contribution is 2.21. The number of carbonyl (C=O) groups is 1. The van der Waals surface area contributed by atoms with Crippen molar-refractivity contribution in [1.82, 2.24) is 9.71 Å². The van der Waals surface area contributed by atoms with Gasteiger partial charge < -0.3 is 5.32 Å². The lowest BCUT2D eigenvalue weighted by atomic mass is 10.1. The lowest BCUT2D eigenvalue weighted by molar-refractivity contribution is 0.102. The molecule has 0 spiro atoms. The van der Waals surface area contributed by atoms with Gasteiger partial charge in [0.2, 0.25) is 10.0 Å². The maximum atomic E-state index is 14.2. The van der Waals surface area contributed by atoms with Crippen molar-refractivity contribution in [2.75, 3.05) is 5.32 Å². The van der Waals surface area contributed by atoms with Crippen molar-refractivity contribution >= 4 is 21.6 Å². The van der Waals surface area contributed by atoms with Crippen molar-refractivity contribution in [1.29, 1.82) is 0 Å². The van der Waals surface area contributed by atoms with E-state index in [1.165, 1.54) is 12.4 Å². The molecule has 0 fully saturated rings. The van der Waals surface area contributed by atoms with E-state index >= 15 is 0 Å². The highest BCUT2D eigenvalue weighted by molar-refractivity contribution is 7.89. The lowest BCUT2D eigenvalue weighted by Gasteiger charge is -2.15. The Labute approximate surface area is 170 Å². The van der Waals surface area contributed by atoms with E-state index in [-0.39, 0.29) is 10.6 Å². The monoisotopic (exact) mass is 435 g/mol. The van der Waals surface area contributed by atoms with Crippen LogP contribution in [-0.4, -0.2) is 19.3 Å². The summed E-state index contributed by atoms with van der Waals surface area (Å²) in [5, 5.41) is 2.20. The van der Waals surface area contributed by atoms with E-state index in [4.69, 9.17) is 0 Å². The summed E-state index contributed by atoms with van der Waals surface area (Å²) in [6.45, 7) is 1.62. The summed E-state index contributed by atoms with van der Waals surface area (Å²) >= 11 is 0. The second-order valence-corrected chi connectivity index (χ2v) is 8.06. The number of aromatic nitrogens is 1. The Morgan fingerprint density at radius 1 is 0.933 bits per heavy atom. The molecule has 30 heavy (non-hydrogen) atoms. The Morgan fingerprint density at radius 2 is 1.60 bits per heavy atom. The van der Waals surface area contributed by atoms with Crippen molar-refractivity contribution in [3.8, 4) is 0 Å². The van der Waals surface area contributed by atoms with Gasteiger partial charge in [-0.05, 0) is 55.0 Å². The van der Waals surface area contributed by atoms with Gasteiger partial charge in [0.25, 0.3) is 5.91 Å². The number of pyridine rings is 1. The zero-order valence-electron chi connectivity index (χ0n) is 15.6. The van der Waals surface area contributed by atoms with Crippen LogP contribution in [0.4, 0.5) is 18.9 Å². The van der Waals surface area contributed by atoms with Crippen molar-refractivity contribution in [3.05, 3.63) is 89.5 Å². The number of carbonyl (C=O) groups excluding carboxylic acids is 1. The van der Waals surface area contributed by atoms with Crippen molar-refractivity contribution in [2.24, 2.45) is 0 Å². The van der Waals surface area contributed by atoms with Crippen LogP contribution in [0.25, 0.3) is 0 Å². The maximum Gasteiger partial charge on any atom is 0.258 e. The zero-order chi connectivity index (χ0) is 21.9. The molecule has 3 rings (SSSR count). The largest absolute Gasteiger partial charge is 0.322 e. The van der Waals surface area contributed by atoms with Crippen LogP contribution < -0.4 is 10.0 Å². The van der Waals surface area contributed by atoms with Crippen molar-refractivity contribution in [3.63, 3.8) is 0 Å². The molecule has 0 aliphatic carbocycles. The molecule has 1 amide bonds. The minimum absolute atomic E-state index is 0.115. The highest BCUT2D eigenvalue weighted by Gasteiger charge is 2.22. The number of halogens is 3. The molecule has 1 heterocycles. The van der Waals surface area contributed by atoms with Crippen molar-refractivity contribution < 1.29 is 26.4 Å². The van der Waals surface area contributed by atoms with Gasteiger partial charge in [-0.1, -0.05) is 0 Å². The molecule has 2 aromatic carbocycles. The van der Waals surface area contributed by atoms with Gasteiger partial charge in [-0.25, -0.2) is 26.3 Å². The first-order valence-corrected chi connectivity index (χ1v) is 10.1. The van der Waals surface area contributed by atoms with Crippen LogP contribution in [0.15, 0.2) is 65.8 Å². The van der Waals surface area contributed by atoms with E-state index < -0.39 is 45.0 Å². The topological polar surface area (TPSA) is 88.2 Å². The van der Waals surface area contributed by atoms with Gasteiger partial charge in [0.1, 0.15) is 5.82 Å². The normalized spacial score (nSPS) is 12.4. The minimum Gasteiger partial charge on any atom is -0.322 e. The molecule has 0 unspecified atom stereocenters. The third kappa shape index (κ3) is 4.84. The summed E-state index contributed by atoms with van der Waals surface area (Å²) in [5.41, 5.74) is -0.0258. The second kappa shape index (κ2) is 8.64. The highest BCUT2D eigenvalue weighted by atomic mass is 32.2. The quantitative estimate of drug-likeness (QED) is 0.617. The van der Waals surface area contributed by atoms with Crippen LogP contribution in [-0.2, 0) is 10.0 Å². The molecule has 0 radical (unpaired) electrons. The molecular formula is C20H16F3N3O3S. The molecule has 0 bridgehead atoms. The molecule has 0 aliphatic rings. The maximum absolute atomic E-state index is 14.2. The summed E-state index contributed by atoms with van der Waals surface area (Å²) in [7, 11) is -4.09. The molecule has 156 valence electrons. The van der Waals surface area contributed by atoms with Gasteiger partial charge in [-0.15, -0.1) is 0 Å². The molecule has 2 N–H and O–H groups in total. The van der Waals surface area contributed by atoms with Crippen LogP contribution in [0.2, 0.25) is 0 Å². The third-order valence-electron chi connectivity index (χ3n) is 4.21. The fourth-order valence-electron chi connectivity index (χ4n) is 2.64. The van der Waals surface area contributed by atoms with Crippen LogP contribution in [0, 0.1) is 17.5 Å². The molecule has 1 atom stereocenters. The van der Waals surface area contributed by atoms with E-state index in [9.17, 15) is 26.4 Å². The standard InChI is InChI=1S/C20H16F3N3O3S/c1-12(13-6-8-24-9-7-13)26-30(28,29)15-3-5-17(21)16(11-15)20(27)25-14-2-4-18(22)19(23)10-14/h2-12,26H,1H3,(H,25,27)/t12-/m1/s1. The minimum atomic E-state index is -4.09. The number of anilines is 1. The van der Waals surface area contributed by atoms with Crippen LogP contribution in [0.5, 0.6) is 0 Å². The van der Waals surface area contributed by atoms with E-state index in [2.05, 4.69) is 15.0 Å². The first-order valence-electron chi connectivity index (χ1n) is 8.65. The van der Waals surface area contributed by atoms with E-state index in [1.807, 2.05) is 0 Å². The Morgan fingerprint density at radius 3 is 2.27 bits per heavy atom. The van der Waals surface area contributed by atoms with Gasteiger partial charge >= 0.3 is 0 Å². The van der Waals surface area contributed by atoms with Gasteiger partial charge in [0.05, 0.1) is 10.5 Å². The Bertz CT molecular complexity index is 1190. The van der Waals surface area contributed by atoms with Gasteiger partial charge in [0, 0.05) is 30.2 Å². The van der Waals surface area contributed by atoms with Crippen LogP contribution in [0.3, 0.4) is 0 Å². The average Bonchev–Trinajstić information content (AvgIpc) is 2.71. The number of nitrogens with one attached hydrogen (secondary N) is 2. The Kier molecular flexibility index (Phi) is 6.18. The molecule has 10 heteroatoms. The summed E-state index contributed by atoms with van der Waals surface area (Å²) in [6.07, 6.45) is 3.03. The van der Waals surface area contributed by atoms with E-state index in [0.29, 0.717) is 5.56 Å². The Balaban J connectivity index is 1.84. The molecule has 6 nitrogen and oxygen atoms in total. The second-order valence-electron chi connectivity index (χ2n) is 6.35. The lowest BCUT2D eigenvalue weighted by Crippen LogP contribution is -2.27. The number of benzene rings is 2. The smallest absolute Gasteiger partial charge is 0.258 e. The van der Waals surface area contributed by atoms with Crippen molar-refractivity contribution in [2.45, 2.75) is 17.9 Å². The zero-order valence-corrected chi connectivity index (χ0v) is 16.4. The van der Waals surface area contributed by atoms with Crippen LogP contribution in [0.1, 0.15) is 28.9 Å². The fraction of sp³-hybridized carbons (Fsp3) is 0.100. The summed E-state index contributed by atoms with van der Waals surface area (Å²) in [5.74, 6) is -4.30. The number of amides is 1. The number of sulfonamides is 1. The average molecular weight is 435 g/mol. The molecule has 0 saturated heterocycles. The molecule has 1 aromatic heterocycles. The van der Waals surface area contributed by atoms with Gasteiger partial charge in [-0.2, -0.15) is 0 Å². The number of hydrogen-bond acceptors (Lipinski definition) is 4. The molecular weight excluding hydrogens is 419 g/mol. The predicted molar refractivity (Wildman–Crippen MR) is 104 cm³/mol. The third-order valence-corrected chi connectivity index (χ3v) is 5.75. The number of nitrogens with zero attached hydrogens (tertiary/aromatic N) is 1. The SMILES string of the molecule is C[C@@H](NS(=O)(=O)c1ccc(F)c(C(=O)Nc2ccc(F)c(F)c2)c1)c1ccncc1. The molecule has 3 aromatic rings. The van der Waals surface area contributed by atoms with E-state index in [0.717, 1.165) is 36.4 Å². The summed E-state index contributed by atoms with van der Waals surface area (Å²) in [4.78, 5) is 15.9. The fourth-order valence-corrected chi connectivity index (χ4v) is 3.90. The summed E-state index contributed by atoms with van der Waals surface area (Å²) in [6, 6.07) is 8.01. The number of hydrogen-bond donors (Lipinski definition) is 2. The first kappa shape index (κ1) is 21.5. The van der Waals surface area contributed by atoms with E-state index in [1.54, 1.807) is 19.1 Å². The molecule has 0 aliphatic heterocycles. The van der Waals surface area contributed by atoms with Gasteiger partial charge in [-0.3, -0.25) is 9.78 Å². The predicted octanol–water partition coefficient (Wildman–Crippen LogP) is 3.79.